The highest BCUT2D eigenvalue weighted by molar-refractivity contribution is 9.10. The van der Waals surface area contributed by atoms with E-state index in [0.29, 0.717) is 16.8 Å². The minimum atomic E-state index is -0.0830. The van der Waals surface area contributed by atoms with Gasteiger partial charge >= 0.3 is 0 Å². The Morgan fingerprint density at radius 1 is 1.45 bits per heavy atom. The van der Waals surface area contributed by atoms with Crippen molar-refractivity contribution >= 4 is 50.1 Å². The molecule has 1 amide bonds. The summed E-state index contributed by atoms with van der Waals surface area (Å²) in [5.74, 6) is -0.0830. The minimum Gasteiger partial charge on any atom is -0.300 e. The smallest absolute Gasteiger partial charge is 0.230 e. The maximum absolute atomic E-state index is 11.9. The molecule has 0 fully saturated rings. The maximum atomic E-state index is 11.9. The number of halogens is 1. The summed E-state index contributed by atoms with van der Waals surface area (Å²) >= 11 is 6.43. The van der Waals surface area contributed by atoms with E-state index >= 15 is 0 Å². The molecule has 0 unspecified atom stereocenters. The van der Waals surface area contributed by atoms with E-state index in [0.717, 1.165) is 14.4 Å². The first-order valence-electron chi connectivity index (χ1n) is 6.07. The number of nitrogens with one attached hydrogen (secondary N) is 1. The summed E-state index contributed by atoms with van der Waals surface area (Å²) in [6.45, 7) is 4.19. The first kappa shape index (κ1) is 15.5. The zero-order chi connectivity index (χ0) is 14.5. The molecule has 20 heavy (non-hydrogen) atoms. The van der Waals surface area contributed by atoms with Crippen LogP contribution in [0.25, 0.3) is 0 Å². The lowest BCUT2D eigenvalue weighted by molar-refractivity contribution is -0.115. The van der Waals surface area contributed by atoms with Crippen LogP contribution in [0.15, 0.2) is 33.1 Å². The molecule has 7 heteroatoms. The summed E-state index contributed by atoms with van der Waals surface area (Å²) in [4.78, 5) is 11.9. The van der Waals surface area contributed by atoms with Crippen molar-refractivity contribution in [2.75, 3.05) is 5.32 Å². The van der Waals surface area contributed by atoms with E-state index in [1.807, 2.05) is 24.3 Å². The van der Waals surface area contributed by atoms with Gasteiger partial charge in [0, 0.05) is 9.72 Å². The monoisotopic (exact) mass is 371 g/mol. The highest BCUT2D eigenvalue weighted by atomic mass is 79.9. The Kier molecular flexibility index (Phi) is 5.56. The molecule has 0 atom stereocenters. The highest BCUT2D eigenvalue weighted by Crippen LogP contribution is 2.28. The van der Waals surface area contributed by atoms with Gasteiger partial charge in [-0.25, -0.2) is 0 Å². The fourth-order valence-electron chi connectivity index (χ4n) is 1.51. The van der Waals surface area contributed by atoms with Gasteiger partial charge in [-0.15, -0.1) is 10.2 Å². The van der Waals surface area contributed by atoms with Gasteiger partial charge in [0.25, 0.3) is 0 Å². The van der Waals surface area contributed by atoms with Crippen LogP contribution in [-0.4, -0.2) is 21.4 Å². The van der Waals surface area contributed by atoms with Crippen LogP contribution in [0.3, 0.4) is 0 Å². The lowest BCUT2D eigenvalue weighted by atomic mass is 10.1. The Bertz CT molecular complexity index is 601. The van der Waals surface area contributed by atoms with Gasteiger partial charge in [0.1, 0.15) is 0 Å². The highest BCUT2D eigenvalue weighted by Gasteiger charge is 2.10. The van der Waals surface area contributed by atoms with Gasteiger partial charge in [-0.3, -0.25) is 4.79 Å². The fraction of sp³-hybridized carbons (Fsp3) is 0.308. The average molecular weight is 372 g/mol. The Morgan fingerprint density at radius 3 is 2.95 bits per heavy atom. The van der Waals surface area contributed by atoms with E-state index in [1.54, 1.807) is 11.8 Å². The summed E-state index contributed by atoms with van der Waals surface area (Å²) in [6.07, 6.45) is 0.325. The number of amides is 1. The summed E-state index contributed by atoms with van der Waals surface area (Å²) < 4.78 is 1.84. The molecular weight excluding hydrogens is 358 g/mol. The fourth-order valence-corrected chi connectivity index (χ4v) is 3.94. The topological polar surface area (TPSA) is 54.9 Å². The third kappa shape index (κ3) is 4.88. The molecule has 0 spiro atoms. The average Bonchev–Trinajstić information content (AvgIpc) is 2.75. The van der Waals surface area contributed by atoms with Crippen LogP contribution >= 0.6 is 39.0 Å². The number of hydrogen-bond donors (Lipinski definition) is 1. The molecule has 0 bridgehead atoms. The second kappa shape index (κ2) is 7.19. The van der Waals surface area contributed by atoms with Gasteiger partial charge in [-0.2, -0.15) is 0 Å². The van der Waals surface area contributed by atoms with E-state index in [4.69, 9.17) is 0 Å². The molecular formula is C13H14BrN3OS2. The second-order valence-corrected chi connectivity index (χ2v) is 8.11. The van der Waals surface area contributed by atoms with Gasteiger partial charge in [0.15, 0.2) is 4.34 Å². The molecule has 0 radical (unpaired) electrons. The second-order valence-electron chi connectivity index (χ2n) is 4.39. The third-order valence-corrected chi connectivity index (χ3v) is 4.66. The van der Waals surface area contributed by atoms with Crippen molar-refractivity contribution in [3.8, 4) is 0 Å². The first-order chi connectivity index (χ1) is 9.52. The molecule has 0 aliphatic carbocycles. The number of aromatic nitrogens is 2. The molecule has 0 saturated heterocycles. The van der Waals surface area contributed by atoms with Crippen LogP contribution in [0.2, 0.25) is 0 Å². The van der Waals surface area contributed by atoms with Crippen LogP contribution < -0.4 is 5.32 Å². The van der Waals surface area contributed by atoms with Crippen molar-refractivity contribution in [2.45, 2.75) is 29.9 Å². The van der Waals surface area contributed by atoms with Crippen LogP contribution in [0.4, 0.5) is 5.13 Å². The Balaban J connectivity index is 1.93. The number of nitrogens with zero attached hydrogens (tertiary/aromatic N) is 2. The minimum absolute atomic E-state index is 0.0830. The molecule has 4 nitrogen and oxygen atoms in total. The first-order valence-corrected chi connectivity index (χ1v) is 8.56. The van der Waals surface area contributed by atoms with Crippen molar-refractivity contribution in [1.82, 2.24) is 10.2 Å². The maximum Gasteiger partial charge on any atom is 0.230 e. The summed E-state index contributed by atoms with van der Waals surface area (Å²) in [7, 11) is 0. The molecule has 1 N–H and O–H groups in total. The van der Waals surface area contributed by atoms with Crippen molar-refractivity contribution in [1.29, 1.82) is 0 Å². The van der Waals surface area contributed by atoms with E-state index in [1.165, 1.54) is 11.3 Å². The van der Waals surface area contributed by atoms with Crippen LogP contribution in [0.5, 0.6) is 0 Å². The van der Waals surface area contributed by atoms with Gasteiger partial charge in [0.2, 0.25) is 11.0 Å². The van der Waals surface area contributed by atoms with E-state index in [-0.39, 0.29) is 5.91 Å². The normalized spacial score (nSPS) is 10.8. The quantitative estimate of drug-likeness (QED) is 0.637. The predicted octanol–water partition coefficient (Wildman–Crippen LogP) is 3.98. The number of benzene rings is 1. The molecule has 106 valence electrons. The van der Waals surface area contributed by atoms with Gasteiger partial charge in [-0.1, -0.05) is 65.0 Å². The zero-order valence-corrected chi connectivity index (χ0v) is 14.3. The SMILES string of the molecule is CC(C)Sc1nnc(NC(=O)Cc2cccc(Br)c2)s1. The molecule has 0 aliphatic heterocycles. The number of carbonyl (C=O) groups excluding carboxylic acids is 1. The van der Waals surface area contributed by atoms with Crippen LogP contribution in [0, 0.1) is 0 Å². The molecule has 1 heterocycles. The standard InChI is InChI=1S/C13H14BrN3OS2/c1-8(2)19-13-17-16-12(20-13)15-11(18)7-9-4-3-5-10(14)6-9/h3-6,8H,7H2,1-2H3,(H,15,16,18). The van der Waals surface area contributed by atoms with Crippen LogP contribution in [-0.2, 0) is 11.2 Å². The number of anilines is 1. The molecule has 0 aliphatic rings. The zero-order valence-electron chi connectivity index (χ0n) is 11.1. The summed E-state index contributed by atoms with van der Waals surface area (Å²) in [5, 5.41) is 11.8. The van der Waals surface area contributed by atoms with Crippen LogP contribution in [0.1, 0.15) is 19.4 Å². The van der Waals surface area contributed by atoms with E-state index in [2.05, 4.69) is 45.3 Å². The molecule has 0 saturated carbocycles. The lowest BCUT2D eigenvalue weighted by Crippen LogP contribution is -2.14. The van der Waals surface area contributed by atoms with Gasteiger partial charge < -0.3 is 5.32 Å². The molecule has 2 rings (SSSR count). The number of thioether (sulfide) groups is 1. The molecule has 1 aromatic heterocycles. The Morgan fingerprint density at radius 2 is 2.25 bits per heavy atom. The Labute approximate surface area is 134 Å². The Hall–Kier alpha value is -0.920. The van der Waals surface area contributed by atoms with E-state index in [9.17, 15) is 4.79 Å². The van der Waals surface area contributed by atoms with Crippen molar-refractivity contribution in [2.24, 2.45) is 0 Å². The predicted molar refractivity (Wildman–Crippen MR) is 87.4 cm³/mol. The number of hydrogen-bond acceptors (Lipinski definition) is 5. The summed E-state index contributed by atoms with van der Waals surface area (Å²) in [5.41, 5.74) is 0.957. The van der Waals surface area contributed by atoms with Crippen molar-refractivity contribution in [3.05, 3.63) is 34.3 Å². The lowest BCUT2D eigenvalue weighted by Gasteiger charge is -2.02. The van der Waals surface area contributed by atoms with Gasteiger partial charge in [0.05, 0.1) is 6.42 Å². The number of carbonyl (C=O) groups is 1. The number of rotatable bonds is 5. The summed E-state index contributed by atoms with van der Waals surface area (Å²) in [6, 6.07) is 7.70. The van der Waals surface area contributed by atoms with Crippen molar-refractivity contribution < 1.29 is 4.79 Å². The van der Waals surface area contributed by atoms with E-state index < -0.39 is 0 Å². The molecule has 1 aromatic carbocycles. The van der Waals surface area contributed by atoms with Gasteiger partial charge in [-0.05, 0) is 17.7 Å². The third-order valence-electron chi connectivity index (χ3n) is 2.24. The molecule has 2 aromatic rings. The largest absolute Gasteiger partial charge is 0.300 e. The van der Waals surface area contributed by atoms with Crippen molar-refractivity contribution in [3.63, 3.8) is 0 Å².